The Balaban J connectivity index is 0.00000155. The van der Waals surface area contributed by atoms with Crippen molar-refractivity contribution in [2.24, 2.45) is 17.8 Å². The lowest BCUT2D eigenvalue weighted by Gasteiger charge is -2.10. The molecule has 1 unspecified atom stereocenters. The Morgan fingerprint density at radius 2 is 2.03 bits per heavy atom. The SMILES string of the molecule is CC.Cc1nc(=NCc2cccc(C(C)F)c2F)c2cc(C#CCN)ncc2n1C. The van der Waals surface area contributed by atoms with Crippen molar-refractivity contribution < 1.29 is 8.78 Å². The van der Waals surface area contributed by atoms with Crippen LogP contribution in [0.4, 0.5) is 8.78 Å². The van der Waals surface area contributed by atoms with Crippen LogP contribution in [0, 0.1) is 24.6 Å². The van der Waals surface area contributed by atoms with Crippen molar-refractivity contribution in [1.82, 2.24) is 14.5 Å². The number of hydrogen-bond acceptors (Lipinski definition) is 4. The number of nitrogens with zero attached hydrogens (tertiary/aromatic N) is 4. The summed E-state index contributed by atoms with van der Waals surface area (Å²) in [5.41, 5.74) is 7.62. The van der Waals surface area contributed by atoms with Crippen LogP contribution in [0.2, 0.25) is 0 Å². The van der Waals surface area contributed by atoms with Crippen LogP contribution in [-0.2, 0) is 13.6 Å². The van der Waals surface area contributed by atoms with Gasteiger partial charge in [0.25, 0.3) is 0 Å². The molecule has 2 heterocycles. The molecule has 2 aromatic heterocycles. The molecule has 0 saturated carbocycles. The monoisotopic (exact) mass is 411 g/mol. The van der Waals surface area contributed by atoms with Gasteiger partial charge in [0.2, 0.25) is 0 Å². The fraction of sp³-hybridized carbons (Fsp3) is 0.348. The van der Waals surface area contributed by atoms with Gasteiger partial charge in [0.05, 0.1) is 24.8 Å². The minimum absolute atomic E-state index is 0.0321. The van der Waals surface area contributed by atoms with Crippen LogP contribution in [0.15, 0.2) is 35.5 Å². The van der Waals surface area contributed by atoms with Gasteiger partial charge in [-0.15, -0.1) is 0 Å². The lowest BCUT2D eigenvalue weighted by Crippen LogP contribution is -2.17. The summed E-state index contributed by atoms with van der Waals surface area (Å²) in [5, 5.41) is 0.750. The van der Waals surface area contributed by atoms with Crippen LogP contribution in [0.5, 0.6) is 0 Å². The summed E-state index contributed by atoms with van der Waals surface area (Å²) in [7, 11) is 1.88. The third-order valence-corrected chi connectivity index (χ3v) is 4.49. The van der Waals surface area contributed by atoms with E-state index >= 15 is 0 Å². The minimum atomic E-state index is -1.38. The third kappa shape index (κ3) is 5.08. The van der Waals surface area contributed by atoms with Crippen molar-refractivity contribution in [2.75, 3.05) is 6.54 Å². The summed E-state index contributed by atoms with van der Waals surface area (Å²) in [5.74, 6) is 5.83. The van der Waals surface area contributed by atoms with E-state index in [0.29, 0.717) is 16.7 Å². The van der Waals surface area contributed by atoms with Gasteiger partial charge in [-0.2, -0.15) is 0 Å². The highest BCUT2D eigenvalue weighted by molar-refractivity contribution is 5.78. The number of rotatable bonds is 3. The van der Waals surface area contributed by atoms with Gasteiger partial charge < -0.3 is 10.3 Å². The Hall–Kier alpha value is -3.11. The fourth-order valence-corrected chi connectivity index (χ4v) is 2.88. The molecule has 3 rings (SSSR count). The molecule has 0 fully saturated rings. The smallest absolute Gasteiger partial charge is 0.159 e. The molecule has 0 bridgehead atoms. The topological polar surface area (TPSA) is 69.1 Å². The molecule has 0 saturated heterocycles. The number of fused-ring (bicyclic) bond motifs is 1. The number of benzene rings is 1. The van der Waals surface area contributed by atoms with Crippen molar-refractivity contribution in [3.05, 3.63) is 64.4 Å². The first kappa shape index (κ1) is 23.2. The van der Waals surface area contributed by atoms with Crippen LogP contribution in [0.1, 0.15) is 49.6 Å². The molecule has 0 radical (unpaired) electrons. The Bertz CT molecular complexity index is 1150. The fourth-order valence-electron chi connectivity index (χ4n) is 2.88. The van der Waals surface area contributed by atoms with Crippen LogP contribution in [-0.4, -0.2) is 21.1 Å². The van der Waals surface area contributed by atoms with Gasteiger partial charge in [0, 0.05) is 23.6 Å². The van der Waals surface area contributed by atoms with Gasteiger partial charge in [0.15, 0.2) is 5.49 Å². The maximum Gasteiger partial charge on any atom is 0.159 e. The van der Waals surface area contributed by atoms with E-state index in [1.54, 1.807) is 24.4 Å². The zero-order chi connectivity index (χ0) is 22.3. The summed E-state index contributed by atoms with van der Waals surface area (Å²) in [6.45, 7) is 7.45. The van der Waals surface area contributed by atoms with Gasteiger partial charge in [-0.05, 0) is 25.8 Å². The molecule has 1 aromatic carbocycles. The minimum Gasteiger partial charge on any atom is -0.331 e. The predicted octanol–water partition coefficient (Wildman–Crippen LogP) is 3.88. The third-order valence-electron chi connectivity index (χ3n) is 4.49. The lowest BCUT2D eigenvalue weighted by atomic mass is 10.1. The molecule has 158 valence electrons. The quantitative estimate of drug-likeness (QED) is 0.665. The second-order valence-electron chi connectivity index (χ2n) is 6.39. The number of hydrogen-bond donors (Lipinski definition) is 1. The molecular weight excluding hydrogens is 384 g/mol. The number of pyridine rings is 1. The largest absolute Gasteiger partial charge is 0.331 e. The number of halogens is 2. The van der Waals surface area contributed by atoms with Crippen molar-refractivity contribution in [3.8, 4) is 11.8 Å². The maximum atomic E-state index is 14.5. The van der Waals surface area contributed by atoms with Crippen LogP contribution >= 0.6 is 0 Å². The summed E-state index contributed by atoms with van der Waals surface area (Å²) >= 11 is 0. The molecule has 5 nitrogen and oxygen atoms in total. The summed E-state index contributed by atoms with van der Waals surface area (Å²) in [4.78, 5) is 13.4. The average molecular weight is 412 g/mol. The van der Waals surface area contributed by atoms with E-state index in [4.69, 9.17) is 5.73 Å². The van der Waals surface area contributed by atoms with Gasteiger partial charge in [-0.1, -0.05) is 38.0 Å². The zero-order valence-electron chi connectivity index (χ0n) is 18.0. The van der Waals surface area contributed by atoms with E-state index in [-0.39, 0.29) is 18.7 Å². The molecule has 1 atom stereocenters. The van der Waals surface area contributed by atoms with E-state index in [1.807, 2.05) is 32.4 Å². The van der Waals surface area contributed by atoms with E-state index < -0.39 is 12.0 Å². The first-order chi connectivity index (χ1) is 14.4. The van der Waals surface area contributed by atoms with Gasteiger partial charge >= 0.3 is 0 Å². The van der Waals surface area contributed by atoms with Crippen LogP contribution in [0.25, 0.3) is 10.9 Å². The van der Waals surface area contributed by atoms with Gasteiger partial charge in [-0.3, -0.25) is 4.99 Å². The number of nitrogens with two attached hydrogens (primary N) is 1. The zero-order valence-corrected chi connectivity index (χ0v) is 18.0. The van der Waals surface area contributed by atoms with Crippen LogP contribution < -0.4 is 11.2 Å². The molecule has 0 spiro atoms. The van der Waals surface area contributed by atoms with Crippen molar-refractivity contribution in [3.63, 3.8) is 0 Å². The Morgan fingerprint density at radius 3 is 2.70 bits per heavy atom. The summed E-state index contributed by atoms with van der Waals surface area (Å²) < 4.78 is 30.0. The first-order valence-electron chi connectivity index (χ1n) is 9.86. The van der Waals surface area contributed by atoms with Gasteiger partial charge in [0.1, 0.15) is 23.5 Å². The highest BCUT2D eigenvalue weighted by atomic mass is 19.1. The molecule has 0 amide bonds. The van der Waals surface area contributed by atoms with Crippen LogP contribution in [0.3, 0.4) is 0 Å². The Morgan fingerprint density at radius 1 is 1.30 bits per heavy atom. The Labute approximate surface area is 175 Å². The summed E-state index contributed by atoms with van der Waals surface area (Å²) in [6.07, 6.45) is 0.321. The average Bonchev–Trinajstić information content (AvgIpc) is 2.75. The molecule has 0 aliphatic heterocycles. The summed E-state index contributed by atoms with van der Waals surface area (Å²) in [6, 6.07) is 6.46. The number of aryl methyl sites for hydroxylation is 2. The molecule has 30 heavy (non-hydrogen) atoms. The van der Waals surface area contributed by atoms with Crippen molar-refractivity contribution in [2.45, 2.75) is 40.4 Å². The predicted molar refractivity (Wildman–Crippen MR) is 116 cm³/mol. The standard InChI is InChI=1S/C21H21F2N5.C2H6/c1-13(22)17-8-4-6-15(20(17)23)11-26-21-18-10-16(7-5-9-24)25-12-19(18)28(3)14(2)27-21;1-2/h4,6,8,10,12-13H,9,11,24H2,1-3H3;1-2H3. The highest BCUT2D eigenvalue weighted by Gasteiger charge is 2.13. The maximum absolute atomic E-state index is 14.5. The van der Waals surface area contributed by atoms with E-state index in [2.05, 4.69) is 26.8 Å². The van der Waals surface area contributed by atoms with Crippen molar-refractivity contribution >= 4 is 10.9 Å². The molecule has 7 heteroatoms. The molecule has 2 N–H and O–H groups in total. The number of alkyl halides is 1. The second kappa shape index (κ2) is 10.6. The first-order valence-corrected chi connectivity index (χ1v) is 9.86. The molecule has 3 aromatic rings. The molecular formula is C23H27F2N5. The van der Waals surface area contributed by atoms with E-state index in [9.17, 15) is 8.78 Å². The highest BCUT2D eigenvalue weighted by Crippen LogP contribution is 2.22. The molecule has 0 aliphatic rings. The Kier molecular flexibility index (Phi) is 8.19. The lowest BCUT2D eigenvalue weighted by molar-refractivity contribution is 0.360. The van der Waals surface area contributed by atoms with E-state index in [1.165, 1.54) is 13.0 Å². The van der Waals surface area contributed by atoms with Gasteiger partial charge in [-0.25, -0.2) is 18.7 Å². The molecule has 0 aliphatic carbocycles. The normalized spacial score (nSPS) is 12.1. The van der Waals surface area contributed by atoms with Crippen molar-refractivity contribution in [1.29, 1.82) is 0 Å². The second-order valence-corrected chi connectivity index (χ2v) is 6.39. The number of aromatic nitrogens is 3. The van der Waals surface area contributed by atoms with E-state index in [0.717, 1.165) is 16.7 Å².